The molecule has 0 aliphatic carbocycles. The Morgan fingerprint density at radius 2 is 2.08 bits per heavy atom. The molecule has 0 fully saturated rings. The van der Waals surface area contributed by atoms with Crippen LogP contribution in [0.2, 0.25) is 0 Å². The number of halogens is 3. The Morgan fingerprint density at radius 3 is 2.85 bits per heavy atom. The second kappa shape index (κ2) is 7.65. The first-order chi connectivity index (χ1) is 12.4. The Kier molecular flexibility index (Phi) is 5.32. The Labute approximate surface area is 155 Å². The number of benzene rings is 2. The van der Waals surface area contributed by atoms with Gasteiger partial charge in [-0.25, -0.2) is 0 Å². The van der Waals surface area contributed by atoms with Gasteiger partial charge in [0.1, 0.15) is 11.5 Å². The van der Waals surface area contributed by atoms with Crippen molar-refractivity contribution in [2.45, 2.75) is 6.61 Å². The number of anilines is 1. The fourth-order valence-corrected chi connectivity index (χ4v) is 2.73. The van der Waals surface area contributed by atoms with Gasteiger partial charge in [0.2, 0.25) is 0 Å². The van der Waals surface area contributed by atoms with Gasteiger partial charge in [-0.05, 0) is 48.6 Å². The molecule has 0 bridgehead atoms. The smallest absolute Gasteiger partial charge is 0.387 e. The lowest BCUT2D eigenvalue weighted by Crippen LogP contribution is -2.25. The fourth-order valence-electron chi connectivity index (χ4n) is 2.35. The van der Waals surface area contributed by atoms with E-state index in [1.807, 2.05) is 0 Å². The van der Waals surface area contributed by atoms with Gasteiger partial charge in [0.05, 0.1) is 5.69 Å². The molecule has 8 heteroatoms. The molecule has 0 saturated carbocycles. The summed E-state index contributed by atoms with van der Waals surface area (Å²) in [5.74, 6) is -0.237. The number of hydrogen-bond acceptors (Lipinski definition) is 4. The van der Waals surface area contributed by atoms with E-state index in [1.165, 1.54) is 24.3 Å². The zero-order valence-electron chi connectivity index (χ0n) is 13.2. The zero-order chi connectivity index (χ0) is 18.7. The number of ketones is 1. The van der Waals surface area contributed by atoms with Crippen LogP contribution in [-0.4, -0.2) is 24.9 Å². The van der Waals surface area contributed by atoms with Crippen molar-refractivity contribution < 1.29 is 27.8 Å². The highest BCUT2D eigenvalue weighted by molar-refractivity contribution is 9.10. The number of ether oxygens (including phenoxy) is 2. The predicted octanol–water partition coefficient (Wildman–Crippen LogP) is 4.28. The maximum atomic E-state index is 12.5. The van der Waals surface area contributed by atoms with Gasteiger partial charge in [-0.3, -0.25) is 9.59 Å². The molecule has 0 spiro atoms. The largest absolute Gasteiger partial charge is 0.482 e. The second-order valence-electron chi connectivity index (χ2n) is 5.31. The van der Waals surface area contributed by atoms with Crippen LogP contribution in [0.4, 0.5) is 14.5 Å². The molecule has 0 unspecified atom stereocenters. The van der Waals surface area contributed by atoms with Gasteiger partial charge < -0.3 is 14.8 Å². The predicted molar refractivity (Wildman–Crippen MR) is 94.7 cm³/mol. The highest BCUT2D eigenvalue weighted by atomic mass is 79.9. The average molecular weight is 424 g/mol. The van der Waals surface area contributed by atoms with Crippen LogP contribution in [-0.2, 0) is 4.79 Å². The monoisotopic (exact) mass is 423 g/mol. The van der Waals surface area contributed by atoms with Crippen molar-refractivity contribution in [3.8, 4) is 11.5 Å². The SMILES string of the molecule is O=C1COc2ccc(C(=O)C=Cc3cc(Br)ccc3OC(F)F)cc2N1. The number of alkyl halides is 2. The lowest BCUT2D eigenvalue weighted by Gasteiger charge is -2.18. The van der Waals surface area contributed by atoms with Crippen molar-refractivity contribution in [2.75, 3.05) is 11.9 Å². The van der Waals surface area contributed by atoms with Crippen molar-refractivity contribution in [3.63, 3.8) is 0 Å². The fraction of sp³-hybridized carbons (Fsp3) is 0.111. The van der Waals surface area contributed by atoms with E-state index < -0.39 is 6.61 Å². The van der Waals surface area contributed by atoms with Gasteiger partial charge in [-0.2, -0.15) is 8.78 Å². The second-order valence-corrected chi connectivity index (χ2v) is 6.22. The number of rotatable bonds is 5. The summed E-state index contributed by atoms with van der Waals surface area (Å²) in [6.07, 6.45) is 2.63. The highest BCUT2D eigenvalue weighted by Crippen LogP contribution is 2.29. The molecule has 26 heavy (non-hydrogen) atoms. The van der Waals surface area contributed by atoms with Gasteiger partial charge in [-0.15, -0.1) is 0 Å². The number of amides is 1. The maximum Gasteiger partial charge on any atom is 0.387 e. The van der Waals surface area contributed by atoms with E-state index in [0.29, 0.717) is 27.0 Å². The summed E-state index contributed by atoms with van der Waals surface area (Å²) in [5, 5.41) is 2.62. The molecule has 1 amide bonds. The minimum absolute atomic E-state index is 0.0432. The third-order valence-corrected chi connectivity index (χ3v) is 3.99. The van der Waals surface area contributed by atoms with Crippen molar-refractivity contribution in [2.24, 2.45) is 0 Å². The van der Waals surface area contributed by atoms with Crippen molar-refractivity contribution in [3.05, 3.63) is 58.1 Å². The summed E-state index contributed by atoms with van der Waals surface area (Å²) in [4.78, 5) is 23.7. The Bertz CT molecular complexity index is 899. The summed E-state index contributed by atoms with van der Waals surface area (Å²) >= 11 is 3.25. The van der Waals surface area contributed by atoms with Crippen LogP contribution in [0.15, 0.2) is 46.9 Å². The van der Waals surface area contributed by atoms with Crippen molar-refractivity contribution in [1.29, 1.82) is 0 Å². The Morgan fingerprint density at radius 1 is 1.27 bits per heavy atom. The zero-order valence-corrected chi connectivity index (χ0v) is 14.8. The number of carbonyl (C=O) groups is 2. The molecule has 2 aromatic rings. The quantitative estimate of drug-likeness (QED) is 0.575. The first-order valence-electron chi connectivity index (χ1n) is 7.46. The van der Waals surface area contributed by atoms with Crippen LogP contribution in [0.3, 0.4) is 0 Å². The summed E-state index contributed by atoms with van der Waals surface area (Å²) in [6.45, 7) is -3.04. The summed E-state index contributed by atoms with van der Waals surface area (Å²) in [7, 11) is 0. The molecule has 0 radical (unpaired) electrons. The molecule has 5 nitrogen and oxygen atoms in total. The van der Waals surface area contributed by atoms with Gasteiger partial charge in [0.15, 0.2) is 12.4 Å². The van der Waals surface area contributed by atoms with E-state index in [-0.39, 0.29) is 24.0 Å². The average Bonchev–Trinajstić information content (AvgIpc) is 2.60. The first-order valence-corrected chi connectivity index (χ1v) is 8.25. The molecule has 3 rings (SSSR count). The van der Waals surface area contributed by atoms with E-state index in [1.54, 1.807) is 24.3 Å². The molecule has 0 aromatic heterocycles. The molecule has 1 N–H and O–H groups in total. The number of allylic oxidation sites excluding steroid dienone is 1. The Hall–Kier alpha value is -2.74. The van der Waals surface area contributed by atoms with Crippen LogP contribution in [0, 0.1) is 0 Å². The van der Waals surface area contributed by atoms with Crippen LogP contribution < -0.4 is 14.8 Å². The molecule has 1 heterocycles. The topological polar surface area (TPSA) is 64.6 Å². The van der Waals surface area contributed by atoms with E-state index in [9.17, 15) is 18.4 Å². The third-order valence-electron chi connectivity index (χ3n) is 3.50. The molecular formula is C18H12BrF2NO4. The maximum absolute atomic E-state index is 12.5. The molecule has 2 aromatic carbocycles. The molecule has 134 valence electrons. The molecule has 1 aliphatic rings. The van der Waals surface area contributed by atoms with E-state index in [4.69, 9.17) is 4.74 Å². The number of fused-ring (bicyclic) bond motifs is 1. The minimum atomic E-state index is -2.97. The van der Waals surface area contributed by atoms with Gasteiger partial charge in [-0.1, -0.05) is 15.9 Å². The van der Waals surface area contributed by atoms with Crippen LogP contribution in [0.1, 0.15) is 15.9 Å². The standard InChI is InChI=1S/C18H12BrF2NO4/c19-12-3-6-15(26-18(20)21)11(7-12)1-4-14(23)10-2-5-16-13(8-10)22-17(24)9-25-16/h1-8,18H,9H2,(H,22,24). The van der Waals surface area contributed by atoms with Crippen LogP contribution in [0.25, 0.3) is 6.08 Å². The van der Waals surface area contributed by atoms with Gasteiger partial charge in [0.25, 0.3) is 5.91 Å². The van der Waals surface area contributed by atoms with Crippen LogP contribution in [0.5, 0.6) is 11.5 Å². The van der Waals surface area contributed by atoms with Crippen molar-refractivity contribution >= 4 is 39.4 Å². The summed E-state index contributed by atoms with van der Waals surface area (Å²) in [6, 6.07) is 9.13. The lowest BCUT2D eigenvalue weighted by atomic mass is 10.1. The normalized spacial score (nSPS) is 13.3. The Balaban J connectivity index is 1.83. The van der Waals surface area contributed by atoms with Crippen LogP contribution >= 0.6 is 15.9 Å². The van der Waals surface area contributed by atoms with E-state index in [2.05, 4.69) is 26.0 Å². The summed E-state index contributed by atoms with van der Waals surface area (Å²) < 4.78 is 35.3. The molecule has 0 saturated heterocycles. The lowest BCUT2D eigenvalue weighted by molar-refractivity contribution is -0.118. The number of carbonyl (C=O) groups excluding carboxylic acids is 2. The first kappa shape index (κ1) is 18.1. The molecule has 1 aliphatic heterocycles. The van der Waals surface area contributed by atoms with Gasteiger partial charge in [0, 0.05) is 15.6 Å². The minimum Gasteiger partial charge on any atom is -0.482 e. The molecule has 0 atom stereocenters. The van der Waals surface area contributed by atoms with E-state index >= 15 is 0 Å². The van der Waals surface area contributed by atoms with Crippen molar-refractivity contribution in [1.82, 2.24) is 0 Å². The third kappa shape index (κ3) is 4.26. The number of hydrogen-bond donors (Lipinski definition) is 1. The van der Waals surface area contributed by atoms with Gasteiger partial charge >= 0.3 is 6.61 Å². The van der Waals surface area contributed by atoms with E-state index in [0.717, 1.165) is 0 Å². The number of nitrogens with one attached hydrogen (secondary N) is 1. The highest BCUT2D eigenvalue weighted by Gasteiger charge is 2.17. The summed E-state index contributed by atoms with van der Waals surface area (Å²) in [5.41, 5.74) is 1.05. The molecular weight excluding hydrogens is 412 g/mol.